The van der Waals surface area contributed by atoms with E-state index >= 15 is 0 Å². The number of benzene rings is 1. The Morgan fingerprint density at radius 1 is 1.27 bits per heavy atom. The van der Waals surface area contributed by atoms with Crippen LogP contribution in [-0.2, 0) is 16.1 Å². The van der Waals surface area contributed by atoms with Crippen LogP contribution in [0.3, 0.4) is 0 Å². The number of nitrogens with one attached hydrogen (secondary N) is 1. The highest BCUT2D eigenvalue weighted by atomic mass is 35.5. The van der Waals surface area contributed by atoms with E-state index in [9.17, 15) is 14.4 Å². The molecule has 30 heavy (non-hydrogen) atoms. The average molecular weight is 431 g/mol. The molecule has 0 atom stereocenters. The van der Waals surface area contributed by atoms with Gasteiger partial charge in [0.2, 0.25) is 0 Å². The molecule has 1 aromatic heterocycles. The maximum absolute atomic E-state index is 12.8. The molecule has 1 fully saturated rings. The van der Waals surface area contributed by atoms with Crippen LogP contribution in [0.4, 0.5) is 4.79 Å². The Morgan fingerprint density at radius 2 is 2.07 bits per heavy atom. The molecule has 0 aliphatic carbocycles. The summed E-state index contributed by atoms with van der Waals surface area (Å²) in [6.07, 6.45) is 4.33. The first-order chi connectivity index (χ1) is 14.4. The first kappa shape index (κ1) is 21.2. The number of ether oxygens (including phenoxy) is 2. The summed E-state index contributed by atoms with van der Waals surface area (Å²) in [7, 11) is 0. The molecule has 0 saturated carbocycles. The predicted octanol–water partition coefficient (Wildman–Crippen LogP) is 3.56. The molecule has 1 saturated heterocycles. The van der Waals surface area contributed by atoms with Crippen molar-refractivity contribution < 1.29 is 28.3 Å². The molecule has 8 nitrogen and oxygen atoms in total. The maximum Gasteiger partial charge on any atom is 0.331 e. The van der Waals surface area contributed by atoms with Crippen molar-refractivity contribution in [1.82, 2.24) is 10.2 Å². The highest BCUT2D eigenvalue weighted by molar-refractivity contribution is 6.33. The van der Waals surface area contributed by atoms with Gasteiger partial charge in [0.15, 0.2) is 11.5 Å². The van der Waals surface area contributed by atoms with Crippen LogP contribution in [-0.4, -0.2) is 36.0 Å². The van der Waals surface area contributed by atoms with Gasteiger partial charge in [-0.1, -0.05) is 24.3 Å². The Morgan fingerprint density at radius 3 is 2.73 bits per heavy atom. The Kier molecular flexibility index (Phi) is 6.58. The van der Waals surface area contributed by atoms with E-state index in [2.05, 4.69) is 11.9 Å². The van der Waals surface area contributed by atoms with Crippen LogP contribution in [0.15, 0.2) is 53.2 Å². The lowest BCUT2D eigenvalue weighted by molar-refractivity contribution is -0.130. The molecule has 3 rings (SSSR count). The predicted molar refractivity (Wildman–Crippen MR) is 109 cm³/mol. The van der Waals surface area contributed by atoms with Crippen molar-refractivity contribution in [3.05, 3.63) is 65.1 Å². The first-order valence-electron chi connectivity index (χ1n) is 9.05. The lowest BCUT2D eigenvalue weighted by atomic mass is 10.1. The van der Waals surface area contributed by atoms with Crippen molar-refractivity contribution in [2.75, 3.05) is 13.2 Å². The lowest BCUT2D eigenvalue weighted by Crippen LogP contribution is -2.53. The van der Waals surface area contributed by atoms with Gasteiger partial charge in [0.05, 0.1) is 24.4 Å². The molecule has 1 aliphatic rings. The van der Waals surface area contributed by atoms with Crippen LogP contribution in [0, 0.1) is 0 Å². The zero-order chi connectivity index (χ0) is 21.7. The smallest absolute Gasteiger partial charge is 0.331 e. The van der Waals surface area contributed by atoms with Gasteiger partial charge in [-0.2, -0.15) is 0 Å². The minimum absolute atomic E-state index is 0.110. The monoisotopic (exact) mass is 430 g/mol. The van der Waals surface area contributed by atoms with Crippen LogP contribution < -0.4 is 14.8 Å². The molecule has 0 unspecified atom stereocenters. The number of halogens is 1. The van der Waals surface area contributed by atoms with Crippen LogP contribution in [0.5, 0.6) is 11.5 Å². The molecule has 4 amide bonds. The largest absolute Gasteiger partial charge is 0.490 e. The molecular formula is C21H19ClN2O6. The fourth-order valence-corrected chi connectivity index (χ4v) is 3.05. The van der Waals surface area contributed by atoms with Gasteiger partial charge in [-0.25, -0.2) is 4.79 Å². The van der Waals surface area contributed by atoms with E-state index in [4.69, 9.17) is 25.5 Å². The molecule has 1 aliphatic heterocycles. The molecule has 0 spiro atoms. The molecule has 0 bridgehead atoms. The lowest BCUT2D eigenvalue weighted by Gasteiger charge is -2.25. The van der Waals surface area contributed by atoms with Crippen molar-refractivity contribution >= 4 is 35.5 Å². The van der Waals surface area contributed by atoms with E-state index in [1.807, 2.05) is 0 Å². The third kappa shape index (κ3) is 4.55. The fraction of sp³-hybridized carbons (Fsp3) is 0.190. The molecule has 0 radical (unpaired) electrons. The second-order valence-corrected chi connectivity index (χ2v) is 6.56. The molecule has 2 heterocycles. The fourth-order valence-electron chi connectivity index (χ4n) is 2.78. The van der Waals surface area contributed by atoms with Gasteiger partial charge < -0.3 is 13.9 Å². The van der Waals surface area contributed by atoms with Gasteiger partial charge in [0.25, 0.3) is 11.8 Å². The van der Waals surface area contributed by atoms with Gasteiger partial charge in [0, 0.05) is 0 Å². The summed E-state index contributed by atoms with van der Waals surface area (Å²) in [5.74, 6) is -0.471. The molecule has 1 aromatic carbocycles. The van der Waals surface area contributed by atoms with E-state index in [0.717, 1.165) is 4.90 Å². The van der Waals surface area contributed by atoms with Crippen LogP contribution in [0.2, 0.25) is 5.02 Å². The van der Waals surface area contributed by atoms with Gasteiger partial charge in [-0.3, -0.25) is 19.8 Å². The summed E-state index contributed by atoms with van der Waals surface area (Å²) < 4.78 is 16.3. The summed E-state index contributed by atoms with van der Waals surface area (Å²) >= 11 is 6.31. The van der Waals surface area contributed by atoms with Gasteiger partial charge in [0.1, 0.15) is 17.9 Å². The quantitative estimate of drug-likeness (QED) is 0.390. The molecule has 2 aromatic rings. The number of furan rings is 1. The number of carbonyl (C=O) groups excluding carboxylic acids is 3. The number of rotatable bonds is 8. The highest BCUT2D eigenvalue weighted by Gasteiger charge is 2.36. The van der Waals surface area contributed by atoms with Crippen molar-refractivity contribution in [2.24, 2.45) is 0 Å². The summed E-state index contributed by atoms with van der Waals surface area (Å²) in [6.45, 7) is 5.86. The van der Waals surface area contributed by atoms with Gasteiger partial charge >= 0.3 is 6.03 Å². The van der Waals surface area contributed by atoms with Crippen LogP contribution in [0.25, 0.3) is 6.08 Å². The van der Waals surface area contributed by atoms with Crippen LogP contribution in [0.1, 0.15) is 18.2 Å². The van der Waals surface area contributed by atoms with E-state index < -0.39 is 17.8 Å². The van der Waals surface area contributed by atoms with E-state index in [0.29, 0.717) is 29.4 Å². The number of carbonyl (C=O) groups is 3. The molecule has 9 heteroatoms. The van der Waals surface area contributed by atoms with Crippen molar-refractivity contribution in [1.29, 1.82) is 0 Å². The summed E-state index contributed by atoms with van der Waals surface area (Å²) in [4.78, 5) is 38.1. The Hall–Kier alpha value is -3.52. The Bertz CT molecular complexity index is 1010. The van der Waals surface area contributed by atoms with E-state index in [-0.39, 0.29) is 23.7 Å². The minimum atomic E-state index is -0.820. The minimum Gasteiger partial charge on any atom is -0.490 e. The van der Waals surface area contributed by atoms with E-state index in [1.54, 1.807) is 31.2 Å². The maximum atomic E-state index is 12.8. The number of imide groups is 2. The zero-order valence-electron chi connectivity index (χ0n) is 16.1. The van der Waals surface area contributed by atoms with E-state index in [1.165, 1.54) is 18.4 Å². The van der Waals surface area contributed by atoms with Crippen molar-refractivity contribution in [3.8, 4) is 11.5 Å². The summed E-state index contributed by atoms with van der Waals surface area (Å²) in [5, 5.41) is 2.39. The summed E-state index contributed by atoms with van der Waals surface area (Å²) in [6, 6.07) is 5.56. The number of amides is 4. The Balaban J connectivity index is 1.95. The third-order valence-corrected chi connectivity index (χ3v) is 4.35. The highest BCUT2D eigenvalue weighted by Crippen LogP contribution is 2.37. The third-order valence-electron chi connectivity index (χ3n) is 4.07. The number of hydrogen-bond donors (Lipinski definition) is 1. The summed E-state index contributed by atoms with van der Waals surface area (Å²) in [5.41, 5.74) is 0.208. The number of urea groups is 1. The SMILES string of the molecule is C=CCOc1c(Cl)cc(/C=C2\C(=O)NC(=O)N(Cc3ccco3)C2=O)cc1OCC. The topological polar surface area (TPSA) is 98.1 Å². The number of nitrogens with zero attached hydrogens (tertiary/aromatic N) is 1. The number of barbiturate groups is 1. The van der Waals surface area contributed by atoms with Crippen LogP contribution >= 0.6 is 11.6 Å². The second-order valence-electron chi connectivity index (χ2n) is 6.15. The Labute approximate surface area is 177 Å². The van der Waals surface area contributed by atoms with Gasteiger partial charge in [-0.15, -0.1) is 0 Å². The molecule has 1 N–H and O–H groups in total. The molecular weight excluding hydrogens is 412 g/mol. The standard InChI is InChI=1S/C21H19ClN2O6/c1-3-7-30-18-16(22)10-13(11-17(18)28-4-2)9-15-19(25)23-21(27)24(20(15)26)12-14-6-5-8-29-14/h3,5-6,8-11H,1,4,7,12H2,2H3,(H,23,25,27)/b15-9+. The van der Waals surface area contributed by atoms with Crippen molar-refractivity contribution in [3.63, 3.8) is 0 Å². The zero-order valence-corrected chi connectivity index (χ0v) is 16.9. The first-order valence-corrected chi connectivity index (χ1v) is 9.43. The number of hydrogen-bond acceptors (Lipinski definition) is 6. The average Bonchev–Trinajstić information content (AvgIpc) is 3.21. The van der Waals surface area contributed by atoms with Gasteiger partial charge in [-0.05, 0) is 42.8 Å². The normalized spacial score (nSPS) is 15.3. The molecule has 156 valence electrons. The van der Waals surface area contributed by atoms with Crippen molar-refractivity contribution in [2.45, 2.75) is 13.5 Å². The second kappa shape index (κ2) is 9.32.